The van der Waals surface area contributed by atoms with Crippen LogP contribution in [0.25, 0.3) is 0 Å². The number of carbonyl (C=O) groups excluding carboxylic acids is 2. The lowest BCUT2D eigenvalue weighted by molar-refractivity contribution is -0.116. The van der Waals surface area contributed by atoms with E-state index in [-0.39, 0.29) is 17.6 Å². The lowest BCUT2D eigenvalue weighted by Crippen LogP contribution is -2.14. The molecule has 2 N–H and O–H groups in total. The Kier molecular flexibility index (Phi) is 7.82. The molecule has 0 radical (unpaired) electrons. The molecule has 6 heteroatoms. The Balaban J connectivity index is 1.80. The van der Waals surface area contributed by atoms with Gasteiger partial charge in [0.15, 0.2) is 0 Å². The number of hydrogen-bond donors (Lipinski definition) is 2. The quantitative estimate of drug-likeness (QED) is 0.622. The second-order valence-corrected chi connectivity index (χ2v) is 6.95. The molecule has 0 bridgehead atoms. The van der Waals surface area contributed by atoms with Crippen LogP contribution in [0.3, 0.4) is 0 Å². The zero-order chi connectivity index (χ0) is 18.1. The minimum absolute atomic E-state index is 0.0290. The summed E-state index contributed by atoms with van der Waals surface area (Å²) in [7, 11) is 0. The minimum atomic E-state index is -0.116. The Bertz CT molecular complexity index is 720. The van der Waals surface area contributed by atoms with Crippen LogP contribution in [0.2, 0.25) is 5.02 Å². The van der Waals surface area contributed by atoms with Crippen molar-refractivity contribution < 1.29 is 9.59 Å². The largest absolute Gasteiger partial charge is 0.326 e. The first-order chi connectivity index (χ1) is 12.1. The summed E-state index contributed by atoms with van der Waals surface area (Å²) in [5.41, 5.74) is 1.38. The summed E-state index contributed by atoms with van der Waals surface area (Å²) in [6.45, 7) is 2.06. The maximum absolute atomic E-state index is 12.0. The first kappa shape index (κ1) is 19.3. The zero-order valence-corrected chi connectivity index (χ0v) is 15.6. The molecule has 0 saturated heterocycles. The molecule has 2 aromatic carbocycles. The maximum Gasteiger partial charge on any atom is 0.234 e. The number of carbonyl (C=O) groups is 2. The summed E-state index contributed by atoms with van der Waals surface area (Å²) in [6.07, 6.45) is 2.43. The van der Waals surface area contributed by atoms with Gasteiger partial charge in [0.2, 0.25) is 11.8 Å². The third kappa shape index (κ3) is 6.80. The molecular formula is C19H21ClN2O2S. The van der Waals surface area contributed by atoms with Crippen LogP contribution in [0.1, 0.15) is 26.2 Å². The lowest BCUT2D eigenvalue weighted by atomic mass is 10.2. The topological polar surface area (TPSA) is 58.2 Å². The Morgan fingerprint density at radius 3 is 2.40 bits per heavy atom. The van der Waals surface area contributed by atoms with Crippen molar-refractivity contribution in [1.82, 2.24) is 0 Å². The van der Waals surface area contributed by atoms with Crippen LogP contribution in [0, 0.1) is 0 Å². The highest BCUT2D eigenvalue weighted by molar-refractivity contribution is 8.00. The Morgan fingerprint density at radius 2 is 1.72 bits per heavy atom. The molecule has 132 valence electrons. The summed E-state index contributed by atoms with van der Waals surface area (Å²) in [5.74, 6) is 0.198. The molecule has 0 saturated carbocycles. The predicted molar refractivity (Wildman–Crippen MR) is 105 cm³/mol. The van der Waals surface area contributed by atoms with E-state index in [0.717, 1.165) is 23.4 Å². The second-order valence-electron chi connectivity index (χ2n) is 5.49. The van der Waals surface area contributed by atoms with Crippen molar-refractivity contribution >= 4 is 46.6 Å². The van der Waals surface area contributed by atoms with Crippen molar-refractivity contribution in [1.29, 1.82) is 0 Å². The van der Waals surface area contributed by atoms with E-state index in [1.807, 2.05) is 36.4 Å². The molecule has 2 rings (SSSR count). The molecule has 2 aromatic rings. The van der Waals surface area contributed by atoms with E-state index >= 15 is 0 Å². The van der Waals surface area contributed by atoms with Gasteiger partial charge in [-0.1, -0.05) is 37.1 Å². The average molecular weight is 377 g/mol. The average Bonchev–Trinajstić information content (AvgIpc) is 2.61. The number of anilines is 2. The van der Waals surface area contributed by atoms with Crippen molar-refractivity contribution in [2.45, 2.75) is 31.1 Å². The lowest BCUT2D eigenvalue weighted by Gasteiger charge is -2.08. The normalized spacial score (nSPS) is 10.3. The number of amides is 2. The van der Waals surface area contributed by atoms with E-state index in [0.29, 0.717) is 17.1 Å². The van der Waals surface area contributed by atoms with Crippen molar-refractivity contribution in [3.8, 4) is 0 Å². The maximum atomic E-state index is 12.0. The third-order valence-corrected chi connectivity index (χ3v) is 4.75. The zero-order valence-electron chi connectivity index (χ0n) is 14.0. The van der Waals surface area contributed by atoms with Gasteiger partial charge in [-0.3, -0.25) is 9.59 Å². The van der Waals surface area contributed by atoms with Gasteiger partial charge in [0.25, 0.3) is 0 Å². The van der Waals surface area contributed by atoms with Crippen molar-refractivity contribution in [3.05, 3.63) is 53.6 Å². The van der Waals surface area contributed by atoms with E-state index in [1.165, 1.54) is 11.8 Å². The number of halogens is 1. The van der Waals surface area contributed by atoms with Gasteiger partial charge in [-0.15, -0.1) is 11.8 Å². The van der Waals surface area contributed by atoms with Crippen molar-refractivity contribution in [2.75, 3.05) is 16.4 Å². The van der Waals surface area contributed by atoms with E-state index < -0.39 is 0 Å². The van der Waals surface area contributed by atoms with Gasteiger partial charge in [-0.25, -0.2) is 0 Å². The van der Waals surface area contributed by atoms with E-state index in [9.17, 15) is 9.59 Å². The van der Waals surface area contributed by atoms with Crippen LogP contribution >= 0.6 is 23.4 Å². The smallest absolute Gasteiger partial charge is 0.234 e. The number of hydrogen-bond acceptors (Lipinski definition) is 3. The molecule has 0 aliphatic carbocycles. The standard InChI is InChI=1S/C19H21ClN2O2S/c1-2-3-8-18(23)21-14-9-11-15(12-10-14)25-13-19(24)22-17-7-5-4-6-16(17)20/h4-7,9-12H,2-3,8,13H2,1H3,(H,21,23)(H,22,24). The Labute approximate surface area is 157 Å². The Morgan fingerprint density at radius 1 is 1.00 bits per heavy atom. The molecule has 0 aliphatic rings. The van der Waals surface area contributed by atoms with Crippen LogP contribution in [0.15, 0.2) is 53.4 Å². The molecule has 0 fully saturated rings. The fraction of sp³-hybridized carbons (Fsp3) is 0.263. The van der Waals surface area contributed by atoms with Gasteiger partial charge in [0.1, 0.15) is 0 Å². The van der Waals surface area contributed by atoms with E-state index in [2.05, 4.69) is 17.6 Å². The molecular weight excluding hydrogens is 356 g/mol. The summed E-state index contributed by atoms with van der Waals surface area (Å²) in [5, 5.41) is 6.17. The van der Waals surface area contributed by atoms with Crippen LogP contribution in [-0.2, 0) is 9.59 Å². The Hall–Kier alpha value is -1.98. The minimum Gasteiger partial charge on any atom is -0.326 e. The highest BCUT2D eigenvalue weighted by Crippen LogP contribution is 2.23. The highest BCUT2D eigenvalue weighted by Gasteiger charge is 2.07. The molecule has 25 heavy (non-hydrogen) atoms. The molecule has 0 aliphatic heterocycles. The van der Waals surface area contributed by atoms with Gasteiger partial charge in [0.05, 0.1) is 16.5 Å². The van der Waals surface area contributed by atoms with E-state index in [1.54, 1.807) is 12.1 Å². The number of nitrogens with one attached hydrogen (secondary N) is 2. The van der Waals surface area contributed by atoms with Gasteiger partial charge >= 0.3 is 0 Å². The molecule has 0 spiro atoms. The van der Waals surface area contributed by atoms with Gasteiger partial charge in [0, 0.05) is 17.0 Å². The number of thioether (sulfide) groups is 1. The number of benzene rings is 2. The molecule has 0 aromatic heterocycles. The molecule has 0 atom stereocenters. The van der Waals surface area contributed by atoms with Crippen LogP contribution < -0.4 is 10.6 Å². The molecule has 4 nitrogen and oxygen atoms in total. The molecule has 0 unspecified atom stereocenters. The monoisotopic (exact) mass is 376 g/mol. The summed E-state index contributed by atoms with van der Waals surface area (Å²) < 4.78 is 0. The number of para-hydroxylation sites is 1. The van der Waals surface area contributed by atoms with Gasteiger partial charge < -0.3 is 10.6 Å². The first-order valence-electron chi connectivity index (χ1n) is 8.15. The van der Waals surface area contributed by atoms with Gasteiger partial charge in [-0.2, -0.15) is 0 Å². The fourth-order valence-electron chi connectivity index (χ4n) is 2.09. The number of rotatable bonds is 8. The summed E-state index contributed by atoms with van der Waals surface area (Å²) in [4.78, 5) is 24.7. The summed E-state index contributed by atoms with van der Waals surface area (Å²) >= 11 is 7.45. The third-order valence-electron chi connectivity index (χ3n) is 3.41. The van der Waals surface area contributed by atoms with Crippen LogP contribution in [0.4, 0.5) is 11.4 Å². The summed E-state index contributed by atoms with van der Waals surface area (Å²) in [6, 6.07) is 14.6. The highest BCUT2D eigenvalue weighted by atomic mass is 35.5. The SMILES string of the molecule is CCCCC(=O)Nc1ccc(SCC(=O)Nc2ccccc2Cl)cc1. The number of unbranched alkanes of at least 4 members (excludes halogenated alkanes) is 1. The van der Waals surface area contributed by atoms with E-state index in [4.69, 9.17) is 11.6 Å². The second kappa shape index (κ2) is 10.1. The van der Waals surface area contributed by atoms with Crippen LogP contribution in [0.5, 0.6) is 0 Å². The first-order valence-corrected chi connectivity index (χ1v) is 9.52. The molecule has 2 amide bonds. The predicted octanol–water partition coefficient (Wildman–Crippen LogP) is 5.20. The van der Waals surface area contributed by atoms with Crippen molar-refractivity contribution in [2.24, 2.45) is 0 Å². The fourth-order valence-corrected chi connectivity index (χ4v) is 2.97. The van der Waals surface area contributed by atoms with Gasteiger partial charge in [-0.05, 0) is 42.8 Å². The van der Waals surface area contributed by atoms with Crippen LogP contribution in [-0.4, -0.2) is 17.6 Å². The molecule has 0 heterocycles. The van der Waals surface area contributed by atoms with Crippen molar-refractivity contribution in [3.63, 3.8) is 0 Å².